The van der Waals surface area contributed by atoms with Crippen LogP contribution in [0.1, 0.15) is 73.1 Å². The third-order valence-electron chi connectivity index (χ3n) is 10.3. The zero-order chi connectivity index (χ0) is 22.3. The summed E-state index contributed by atoms with van der Waals surface area (Å²) in [5.41, 5.74) is 1.23. The lowest BCUT2D eigenvalue weighted by molar-refractivity contribution is -0.109. The van der Waals surface area contributed by atoms with E-state index in [0.29, 0.717) is 12.3 Å². The Bertz CT molecular complexity index is 712. The summed E-state index contributed by atoms with van der Waals surface area (Å²) < 4.78 is 6.77. The van der Waals surface area contributed by atoms with Crippen LogP contribution in [-0.4, -0.2) is 48.1 Å². The van der Waals surface area contributed by atoms with Crippen LogP contribution in [0.3, 0.4) is 0 Å². The first-order chi connectivity index (χ1) is 13.7. The van der Waals surface area contributed by atoms with Gasteiger partial charge < -0.3 is 19.7 Å². The van der Waals surface area contributed by atoms with E-state index >= 15 is 0 Å². The van der Waals surface area contributed by atoms with E-state index in [4.69, 9.17) is 4.43 Å². The third-order valence-corrected chi connectivity index (χ3v) is 14.9. The van der Waals surface area contributed by atoms with Crippen LogP contribution in [0.25, 0.3) is 0 Å². The van der Waals surface area contributed by atoms with Crippen LogP contribution in [0.5, 0.6) is 0 Å². The van der Waals surface area contributed by atoms with E-state index in [2.05, 4.69) is 53.8 Å². The molecule has 4 rings (SSSR count). The predicted octanol–water partition coefficient (Wildman–Crippen LogP) is 4.64. The van der Waals surface area contributed by atoms with E-state index < -0.39 is 26.6 Å². The minimum atomic E-state index is -1.81. The first kappa shape index (κ1) is 23.0. The molecule has 3 saturated carbocycles. The Labute approximate surface area is 184 Å². The number of aliphatic hydroxyl groups excluding tert-OH is 3. The Morgan fingerprint density at radius 1 is 1.03 bits per heavy atom. The smallest absolute Gasteiger partial charge is 0.192 e. The van der Waals surface area contributed by atoms with Gasteiger partial charge in [-0.15, -0.1) is 0 Å². The van der Waals surface area contributed by atoms with Gasteiger partial charge in [-0.25, -0.2) is 0 Å². The molecule has 3 fully saturated rings. The molecule has 3 N–H and O–H groups in total. The monoisotopic (exact) mass is 436 g/mol. The minimum absolute atomic E-state index is 0.108. The van der Waals surface area contributed by atoms with Crippen molar-refractivity contribution in [2.45, 2.75) is 116 Å². The summed E-state index contributed by atoms with van der Waals surface area (Å²) in [5.74, 6) is 0.756. The second kappa shape index (κ2) is 7.15. The van der Waals surface area contributed by atoms with Crippen molar-refractivity contribution < 1.29 is 19.7 Å². The fraction of sp³-hybridized carbons (Fsp3) is 0.920. The van der Waals surface area contributed by atoms with E-state index in [1.54, 1.807) is 0 Å². The molecule has 0 aromatic rings. The van der Waals surface area contributed by atoms with Gasteiger partial charge in [-0.1, -0.05) is 46.3 Å². The molecule has 172 valence electrons. The molecule has 0 saturated heterocycles. The van der Waals surface area contributed by atoms with Crippen molar-refractivity contribution >= 4 is 8.32 Å². The lowest BCUT2D eigenvalue weighted by Gasteiger charge is -2.59. The summed E-state index contributed by atoms with van der Waals surface area (Å²) in [6.45, 7) is 16.1. The SMILES string of the molecule is CC(C)(C)[Si](C)(C)O[C@H]1CC[C@@]2(C)C(=C[C@H](O)C3C2CC[C@@]2(C)C3C[C@@H](O)[C@@H]2O)C1. The maximum atomic E-state index is 11.3. The minimum Gasteiger partial charge on any atom is -0.414 e. The standard InChI is InChI=1S/C25H44O4Si/c1-23(2,3)30(6,7)29-16-8-10-24(4)15(12-16)13-19(26)21-17(24)9-11-25(5)18(21)14-20(27)22(25)28/h13,16-22,26-28H,8-12,14H2,1-7H3/t16-,17?,18?,19-,20+,21?,22-,24-,25-/m0/s1. The Hall–Kier alpha value is -0.203. The van der Waals surface area contributed by atoms with Crippen molar-refractivity contribution in [3.8, 4) is 0 Å². The molecule has 9 atom stereocenters. The summed E-state index contributed by atoms with van der Waals surface area (Å²) >= 11 is 0. The summed E-state index contributed by atoms with van der Waals surface area (Å²) in [7, 11) is -1.81. The topological polar surface area (TPSA) is 69.9 Å². The average Bonchev–Trinajstić information content (AvgIpc) is 2.85. The summed E-state index contributed by atoms with van der Waals surface area (Å²) in [6, 6.07) is 0. The Balaban J connectivity index is 1.59. The van der Waals surface area contributed by atoms with Gasteiger partial charge in [0, 0.05) is 6.10 Å². The zero-order valence-corrected chi connectivity index (χ0v) is 21.1. The van der Waals surface area contributed by atoms with E-state index in [-0.39, 0.29) is 33.8 Å². The van der Waals surface area contributed by atoms with Gasteiger partial charge in [0.05, 0.1) is 18.3 Å². The molecule has 0 aromatic carbocycles. The third kappa shape index (κ3) is 3.30. The normalized spacial score (nSPS) is 49.1. The predicted molar refractivity (Wildman–Crippen MR) is 123 cm³/mol. The van der Waals surface area contributed by atoms with Gasteiger partial charge in [0.25, 0.3) is 0 Å². The maximum Gasteiger partial charge on any atom is 0.192 e. The highest BCUT2D eigenvalue weighted by Crippen LogP contribution is 2.65. The maximum absolute atomic E-state index is 11.3. The number of aliphatic hydroxyl groups is 3. The Morgan fingerprint density at radius 3 is 2.33 bits per heavy atom. The summed E-state index contributed by atoms with van der Waals surface area (Å²) in [5, 5.41) is 32.6. The molecule has 4 nitrogen and oxygen atoms in total. The van der Waals surface area contributed by atoms with E-state index in [1.807, 2.05) is 0 Å². The lowest BCUT2D eigenvalue weighted by Crippen LogP contribution is -2.56. The van der Waals surface area contributed by atoms with Gasteiger partial charge in [0.1, 0.15) is 0 Å². The van der Waals surface area contributed by atoms with E-state index in [1.165, 1.54) is 5.57 Å². The van der Waals surface area contributed by atoms with Crippen molar-refractivity contribution in [2.75, 3.05) is 0 Å². The molecule has 4 aliphatic rings. The van der Waals surface area contributed by atoms with Crippen molar-refractivity contribution in [1.82, 2.24) is 0 Å². The molecule has 3 unspecified atom stereocenters. The number of hydrogen-bond donors (Lipinski definition) is 3. The zero-order valence-electron chi connectivity index (χ0n) is 20.1. The molecular formula is C25H44O4Si. The largest absolute Gasteiger partial charge is 0.414 e. The molecular weight excluding hydrogens is 392 g/mol. The van der Waals surface area contributed by atoms with Gasteiger partial charge >= 0.3 is 0 Å². The molecule has 4 aliphatic carbocycles. The van der Waals surface area contributed by atoms with Crippen LogP contribution < -0.4 is 0 Å². The van der Waals surface area contributed by atoms with E-state index in [9.17, 15) is 15.3 Å². The summed E-state index contributed by atoms with van der Waals surface area (Å²) in [6.07, 6.45) is 6.34. The quantitative estimate of drug-likeness (QED) is 0.436. The van der Waals surface area contributed by atoms with Crippen LogP contribution >= 0.6 is 0 Å². The molecule has 0 aliphatic heterocycles. The molecule has 0 amide bonds. The highest BCUT2D eigenvalue weighted by atomic mass is 28.4. The Morgan fingerprint density at radius 2 is 1.70 bits per heavy atom. The van der Waals surface area contributed by atoms with E-state index in [0.717, 1.165) is 32.1 Å². The van der Waals surface area contributed by atoms with Gasteiger partial charge in [-0.05, 0) is 85.2 Å². The van der Waals surface area contributed by atoms with Crippen molar-refractivity contribution in [1.29, 1.82) is 0 Å². The molecule has 0 radical (unpaired) electrons. The second-order valence-corrected chi connectivity index (χ2v) is 17.7. The van der Waals surface area contributed by atoms with Crippen LogP contribution in [0.4, 0.5) is 0 Å². The number of fused-ring (bicyclic) bond motifs is 5. The van der Waals surface area contributed by atoms with Crippen molar-refractivity contribution in [3.05, 3.63) is 11.6 Å². The first-order valence-corrected chi connectivity index (χ1v) is 15.0. The fourth-order valence-corrected chi connectivity index (χ4v) is 8.69. The van der Waals surface area contributed by atoms with Gasteiger partial charge in [0.2, 0.25) is 0 Å². The highest BCUT2D eigenvalue weighted by molar-refractivity contribution is 6.74. The first-order valence-electron chi connectivity index (χ1n) is 12.1. The van der Waals surface area contributed by atoms with Gasteiger partial charge in [-0.3, -0.25) is 0 Å². The second-order valence-electron chi connectivity index (χ2n) is 12.9. The van der Waals surface area contributed by atoms with Crippen molar-refractivity contribution in [2.24, 2.45) is 28.6 Å². The van der Waals surface area contributed by atoms with Crippen molar-refractivity contribution in [3.63, 3.8) is 0 Å². The molecule has 0 spiro atoms. The molecule has 0 heterocycles. The average molecular weight is 437 g/mol. The molecule has 30 heavy (non-hydrogen) atoms. The van der Waals surface area contributed by atoms with Crippen LogP contribution in [0.2, 0.25) is 18.1 Å². The highest BCUT2D eigenvalue weighted by Gasteiger charge is 2.62. The molecule has 5 heteroatoms. The number of rotatable bonds is 2. The Kier molecular flexibility index (Phi) is 5.47. The number of hydrogen-bond acceptors (Lipinski definition) is 4. The van der Waals surface area contributed by atoms with Gasteiger partial charge in [0.15, 0.2) is 8.32 Å². The fourth-order valence-electron chi connectivity index (χ4n) is 7.30. The lowest BCUT2D eigenvalue weighted by atomic mass is 9.47. The molecule has 0 aromatic heterocycles. The van der Waals surface area contributed by atoms with Crippen LogP contribution in [-0.2, 0) is 4.43 Å². The van der Waals surface area contributed by atoms with Gasteiger partial charge in [-0.2, -0.15) is 0 Å². The van der Waals surface area contributed by atoms with Crippen LogP contribution in [0, 0.1) is 28.6 Å². The summed E-state index contributed by atoms with van der Waals surface area (Å²) in [4.78, 5) is 0. The molecule has 0 bridgehead atoms. The van der Waals surface area contributed by atoms with Crippen LogP contribution in [0.15, 0.2) is 11.6 Å².